The topological polar surface area (TPSA) is 38.3 Å². The van der Waals surface area contributed by atoms with E-state index in [0.29, 0.717) is 0 Å². The fraction of sp³-hybridized carbons (Fsp3) is 0.833. The minimum absolute atomic E-state index is 0.0440. The lowest BCUT2D eigenvalue weighted by Gasteiger charge is -2.07. The molecule has 1 N–H and O–H groups in total. The Bertz CT molecular complexity index is 124. The Morgan fingerprint density at radius 1 is 1.78 bits per heavy atom. The van der Waals surface area contributed by atoms with Crippen molar-refractivity contribution in [1.29, 1.82) is 0 Å². The zero-order valence-corrected chi connectivity index (χ0v) is 5.68. The summed E-state index contributed by atoms with van der Waals surface area (Å²) in [5.74, 6) is 0. The summed E-state index contributed by atoms with van der Waals surface area (Å²) in [5, 5.41) is 2.69. The summed E-state index contributed by atoms with van der Waals surface area (Å²) in [6.45, 7) is 3.92. The first kappa shape index (κ1) is 6.39. The van der Waals surface area contributed by atoms with E-state index < -0.39 is 0 Å². The highest BCUT2D eigenvalue weighted by Crippen LogP contribution is 2.09. The van der Waals surface area contributed by atoms with E-state index in [2.05, 4.69) is 5.32 Å². The number of nitrogens with one attached hydrogen (secondary N) is 1. The van der Waals surface area contributed by atoms with Gasteiger partial charge in [-0.25, -0.2) is 4.79 Å². The van der Waals surface area contributed by atoms with Crippen LogP contribution in [-0.2, 0) is 4.74 Å². The maximum atomic E-state index is 10.5. The zero-order chi connectivity index (χ0) is 6.85. The molecule has 1 aliphatic heterocycles. The van der Waals surface area contributed by atoms with Crippen LogP contribution in [0.3, 0.4) is 0 Å². The molecule has 1 saturated heterocycles. The summed E-state index contributed by atoms with van der Waals surface area (Å²) >= 11 is 0. The molecule has 3 nitrogen and oxygen atoms in total. The molecule has 1 amide bonds. The third-order valence-electron chi connectivity index (χ3n) is 1.60. The summed E-state index contributed by atoms with van der Waals surface area (Å²) in [6, 6.07) is 0.220. The quantitative estimate of drug-likeness (QED) is 0.571. The van der Waals surface area contributed by atoms with Crippen molar-refractivity contribution in [2.75, 3.05) is 0 Å². The molecule has 0 aromatic heterocycles. The largest absolute Gasteiger partial charge is 0.444 e. The lowest BCUT2D eigenvalue weighted by molar-refractivity contribution is 0.141. The molecule has 0 aliphatic carbocycles. The Labute approximate surface area is 54.4 Å². The molecule has 0 aromatic rings. The number of cyclic esters (lactones) is 1. The summed E-state index contributed by atoms with van der Waals surface area (Å²) in [6.07, 6.45) is 0.698. The van der Waals surface area contributed by atoms with Gasteiger partial charge >= 0.3 is 6.09 Å². The highest BCUT2D eigenvalue weighted by molar-refractivity contribution is 5.70. The van der Waals surface area contributed by atoms with Gasteiger partial charge in [0.05, 0.1) is 6.04 Å². The number of rotatable bonds is 1. The van der Waals surface area contributed by atoms with Crippen molar-refractivity contribution in [2.45, 2.75) is 32.4 Å². The van der Waals surface area contributed by atoms with E-state index in [0.717, 1.165) is 6.42 Å². The second kappa shape index (κ2) is 2.25. The van der Waals surface area contributed by atoms with Crippen LogP contribution in [0.4, 0.5) is 4.79 Å². The third-order valence-corrected chi connectivity index (χ3v) is 1.60. The molecule has 1 rings (SSSR count). The predicted molar refractivity (Wildman–Crippen MR) is 33.2 cm³/mol. The summed E-state index contributed by atoms with van der Waals surface area (Å²) in [7, 11) is 0. The normalized spacial score (nSPS) is 33.8. The van der Waals surface area contributed by atoms with E-state index in [9.17, 15) is 4.79 Å². The second-order valence-corrected chi connectivity index (χ2v) is 2.27. The van der Waals surface area contributed by atoms with E-state index in [1.54, 1.807) is 0 Å². The van der Waals surface area contributed by atoms with Crippen molar-refractivity contribution in [1.82, 2.24) is 5.32 Å². The van der Waals surface area contributed by atoms with Gasteiger partial charge in [0.15, 0.2) is 0 Å². The Hall–Kier alpha value is -0.730. The molecule has 0 spiro atoms. The molecule has 0 aromatic carbocycles. The van der Waals surface area contributed by atoms with Crippen molar-refractivity contribution in [3.63, 3.8) is 0 Å². The van der Waals surface area contributed by atoms with Gasteiger partial charge in [-0.15, -0.1) is 0 Å². The molecule has 52 valence electrons. The van der Waals surface area contributed by atoms with Crippen molar-refractivity contribution >= 4 is 6.09 Å². The lowest BCUT2D eigenvalue weighted by Crippen LogP contribution is -2.28. The molecule has 0 bridgehead atoms. The highest BCUT2D eigenvalue weighted by atomic mass is 16.6. The average Bonchev–Trinajstić information content (AvgIpc) is 2.10. The van der Waals surface area contributed by atoms with E-state index >= 15 is 0 Å². The summed E-state index contributed by atoms with van der Waals surface area (Å²) < 4.78 is 4.81. The van der Waals surface area contributed by atoms with Crippen LogP contribution in [0.5, 0.6) is 0 Å². The summed E-state index contributed by atoms with van der Waals surface area (Å²) in [4.78, 5) is 10.5. The van der Waals surface area contributed by atoms with Crippen LogP contribution in [-0.4, -0.2) is 18.2 Å². The van der Waals surface area contributed by atoms with Crippen molar-refractivity contribution in [3.05, 3.63) is 0 Å². The first-order valence-electron chi connectivity index (χ1n) is 3.21. The van der Waals surface area contributed by atoms with Crippen LogP contribution in [0.1, 0.15) is 20.3 Å². The van der Waals surface area contributed by atoms with E-state index in [1.807, 2.05) is 13.8 Å². The minimum atomic E-state index is -0.283. The Balaban J connectivity index is 2.47. The zero-order valence-electron chi connectivity index (χ0n) is 5.68. The van der Waals surface area contributed by atoms with Gasteiger partial charge in [0, 0.05) is 0 Å². The van der Waals surface area contributed by atoms with E-state index in [-0.39, 0.29) is 18.2 Å². The van der Waals surface area contributed by atoms with Crippen LogP contribution in [0.2, 0.25) is 0 Å². The fourth-order valence-corrected chi connectivity index (χ4v) is 0.988. The standard InChI is InChI=1S/C6H11NO2/c1-3-5-4(2)9-6(8)7-5/h4-5H,3H2,1-2H3,(H,7,8)/t4-,5+/m0/s1. The number of ether oxygens (including phenoxy) is 1. The summed E-state index contributed by atoms with van der Waals surface area (Å²) in [5.41, 5.74) is 0. The predicted octanol–water partition coefficient (Wildman–Crippen LogP) is 0.893. The Kier molecular flexibility index (Phi) is 1.60. The van der Waals surface area contributed by atoms with Gasteiger partial charge < -0.3 is 10.1 Å². The van der Waals surface area contributed by atoms with Gasteiger partial charge in [-0.2, -0.15) is 0 Å². The third kappa shape index (κ3) is 1.15. The SMILES string of the molecule is CC[C@H]1NC(=O)O[C@H]1C. The maximum Gasteiger partial charge on any atom is 0.407 e. The average molecular weight is 129 g/mol. The maximum absolute atomic E-state index is 10.5. The van der Waals surface area contributed by atoms with Gasteiger partial charge in [-0.3, -0.25) is 0 Å². The number of amides is 1. The molecule has 1 heterocycles. The molecule has 1 fully saturated rings. The van der Waals surface area contributed by atoms with Gasteiger partial charge in [0.2, 0.25) is 0 Å². The smallest absolute Gasteiger partial charge is 0.407 e. The van der Waals surface area contributed by atoms with Gasteiger partial charge in [0.1, 0.15) is 6.10 Å². The molecular weight excluding hydrogens is 118 g/mol. The van der Waals surface area contributed by atoms with Crippen molar-refractivity contribution in [3.8, 4) is 0 Å². The molecule has 0 unspecified atom stereocenters. The van der Waals surface area contributed by atoms with Crippen molar-refractivity contribution < 1.29 is 9.53 Å². The number of carbonyl (C=O) groups is 1. The van der Waals surface area contributed by atoms with Crippen LogP contribution in [0.15, 0.2) is 0 Å². The van der Waals surface area contributed by atoms with Crippen LogP contribution < -0.4 is 5.32 Å². The number of hydrogen-bond donors (Lipinski definition) is 1. The van der Waals surface area contributed by atoms with Crippen LogP contribution in [0, 0.1) is 0 Å². The van der Waals surface area contributed by atoms with E-state index in [1.165, 1.54) is 0 Å². The van der Waals surface area contributed by atoms with Crippen LogP contribution >= 0.6 is 0 Å². The first-order valence-corrected chi connectivity index (χ1v) is 3.21. The Morgan fingerprint density at radius 3 is 2.67 bits per heavy atom. The molecule has 1 aliphatic rings. The number of carbonyl (C=O) groups excluding carboxylic acids is 1. The molecule has 2 atom stereocenters. The van der Waals surface area contributed by atoms with E-state index in [4.69, 9.17) is 4.74 Å². The molecule has 0 radical (unpaired) electrons. The highest BCUT2D eigenvalue weighted by Gasteiger charge is 2.28. The molecule has 0 saturated carbocycles. The number of hydrogen-bond acceptors (Lipinski definition) is 2. The second-order valence-electron chi connectivity index (χ2n) is 2.27. The van der Waals surface area contributed by atoms with Crippen LogP contribution in [0.25, 0.3) is 0 Å². The Morgan fingerprint density at radius 2 is 2.44 bits per heavy atom. The number of alkyl carbamates (subject to hydrolysis) is 1. The monoisotopic (exact) mass is 129 g/mol. The first-order chi connectivity index (χ1) is 4.24. The molecular formula is C6H11NO2. The van der Waals surface area contributed by atoms with Crippen molar-refractivity contribution in [2.24, 2.45) is 0 Å². The van der Waals surface area contributed by atoms with Gasteiger partial charge in [-0.05, 0) is 13.3 Å². The minimum Gasteiger partial charge on any atom is -0.444 e. The lowest BCUT2D eigenvalue weighted by atomic mass is 10.1. The molecule has 9 heavy (non-hydrogen) atoms. The van der Waals surface area contributed by atoms with Gasteiger partial charge in [0.25, 0.3) is 0 Å². The molecule has 3 heteroatoms. The van der Waals surface area contributed by atoms with Gasteiger partial charge in [-0.1, -0.05) is 6.92 Å². The fourth-order valence-electron chi connectivity index (χ4n) is 0.988.